The molecule has 1 amide bonds. The molecular formula is C25H27ClN4O2S. The number of carbonyl (C=O) groups excluding carboxylic acids is 1. The van der Waals surface area contributed by atoms with Crippen LogP contribution in [0.3, 0.4) is 0 Å². The van der Waals surface area contributed by atoms with Gasteiger partial charge < -0.3 is 10.1 Å². The molecule has 172 valence electrons. The van der Waals surface area contributed by atoms with Crippen molar-refractivity contribution in [2.75, 3.05) is 11.1 Å². The van der Waals surface area contributed by atoms with Crippen LogP contribution in [-0.4, -0.2) is 32.5 Å². The average molecular weight is 483 g/mol. The number of thioether (sulfide) groups is 1. The minimum atomic E-state index is -0.131. The number of nitrogens with zero attached hydrogens (tertiary/aromatic N) is 3. The standard InChI is InChI=1S/C25H27ClN4O2S/c1-3-15-30-24(18-11-13-20(14-12-18)32-19-7-4-5-8-19)28-29-25(30)33-16-23(31)27-22-10-6-9-21(26)17(22)2/h3,6,9-14,19H,1,4-5,7-8,15-16H2,2H3,(H,27,31). The topological polar surface area (TPSA) is 69.0 Å². The zero-order valence-electron chi connectivity index (χ0n) is 18.6. The zero-order chi connectivity index (χ0) is 23.2. The van der Waals surface area contributed by atoms with Crippen LogP contribution >= 0.6 is 23.4 Å². The predicted octanol–water partition coefficient (Wildman–Crippen LogP) is 6.15. The van der Waals surface area contributed by atoms with Crippen LogP contribution in [0.2, 0.25) is 5.02 Å². The Morgan fingerprint density at radius 3 is 2.73 bits per heavy atom. The molecule has 3 aromatic rings. The lowest BCUT2D eigenvalue weighted by atomic mass is 10.2. The van der Waals surface area contributed by atoms with Gasteiger partial charge in [0.05, 0.1) is 11.9 Å². The maximum absolute atomic E-state index is 12.5. The van der Waals surface area contributed by atoms with Crippen LogP contribution in [0.1, 0.15) is 31.2 Å². The Hall–Kier alpha value is -2.77. The Kier molecular flexibility index (Phi) is 7.73. The maximum atomic E-state index is 12.5. The van der Waals surface area contributed by atoms with E-state index in [0.29, 0.717) is 28.5 Å². The summed E-state index contributed by atoms with van der Waals surface area (Å²) in [4.78, 5) is 12.5. The number of rotatable bonds is 9. The van der Waals surface area contributed by atoms with Gasteiger partial charge >= 0.3 is 0 Å². The third-order valence-corrected chi connectivity index (χ3v) is 7.00. The Morgan fingerprint density at radius 2 is 2.00 bits per heavy atom. The molecule has 0 spiro atoms. The van der Waals surface area contributed by atoms with Crippen LogP contribution < -0.4 is 10.1 Å². The lowest BCUT2D eigenvalue weighted by Gasteiger charge is -2.13. The first-order valence-corrected chi connectivity index (χ1v) is 12.4. The molecule has 0 unspecified atom stereocenters. The van der Waals surface area contributed by atoms with Gasteiger partial charge in [-0.2, -0.15) is 0 Å². The number of hydrogen-bond donors (Lipinski definition) is 1. The molecule has 6 nitrogen and oxygen atoms in total. The third kappa shape index (κ3) is 5.78. The second-order valence-electron chi connectivity index (χ2n) is 8.00. The highest BCUT2D eigenvalue weighted by Crippen LogP contribution is 2.29. The molecule has 1 aliphatic rings. The van der Waals surface area contributed by atoms with Gasteiger partial charge in [-0.1, -0.05) is 35.5 Å². The molecule has 0 radical (unpaired) electrons. The Balaban J connectivity index is 1.43. The van der Waals surface area contributed by atoms with Crippen LogP contribution in [-0.2, 0) is 11.3 Å². The summed E-state index contributed by atoms with van der Waals surface area (Å²) in [6.07, 6.45) is 6.85. The molecule has 0 saturated heterocycles. The summed E-state index contributed by atoms with van der Waals surface area (Å²) >= 11 is 7.48. The van der Waals surface area contributed by atoms with E-state index in [1.165, 1.54) is 24.6 Å². The predicted molar refractivity (Wildman–Crippen MR) is 134 cm³/mol. The maximum Gasteiger partial charge on any atom is 0.234 e. The normalized spacial score (nSPS) is 13.8. The molecule has 0 bridgehead atoms. The second kappa shape index (κ2) is 10.9. The number of hydrogen-bond acceptors (Lipinski definition) is 5. The van der Waals surface area contributed by atoms with Gasteiger partial charge in [-0.05, 0) is 74.6 Å². The number of allylic oxidation sites excluding steroid dienone is 1. The largest absolute Gasteiger partial charge is 0.490 e. The average Bonchev–Trinajstić information content (AvgIpc) is 3.46. The van der Waals surface area contributed by atoms with E-state index in [2.05, 4.69) is 22.1 Å². The minimum Gasteiger partial charge on any atom is -0.490 e. The molecule has 4 rings (SSSR count). The first-order chi connectivity index (χ1) is 16.0. The highest BCUT2D eigenvalue weighted by molar-refractivity contribution is 7.99. The molecule has 0 atom stereocenters. The number of ether oxygens (including phenoxy) is 1. The van der Waals surface area contributed by atoms with Crippen molar-refractivity contribution < 1.29 is 9.53 Å². The van der Waals surface area contributed by atoms with Gasteiger partial charge in [0, 0.05) is 22.8 Å². The SMILES string of the molecule is C=CCn1c(SCC(=O)Nc2cccc(Cl)c2C)nnc1-c1ccc(OC2CCCC2)cc1. The quantitative estimate of drug-likeness (QED) is 0.293. The van der Waals surface area contributed by atoms with Crippen LogP contribution in [0.4, 0.5) is 5.69 Å². The summed E-state index contributed by atoms with van der Waals surface area (Å²) in [6.45, 7) is 6.27. The molecule has 8 heteroatoms. The van der Waals surface area contributed by atoms with E-state index < -0.39 is 0 Å². The second-order valence-corrected chi connectivity index (χ2v) is 9.35. The van der Waals surface area contributed by atoms with Crippen molar-refractivity contribution in [2.24, 2.45) is 0 Å². The highest BCUT2D eigenvalue weighted by Gasteiger charge is 2.18. The number of nitrogens with one attached hydrogen (secondary N) is 1. The zero-order valence-corrected chi connectivity index (χ0v) is 20.2. The van der Waals surface area contributed by atoms with E-state index in [1.54, 1.807) is 12.1 Å². The van der Waals surface area contributed by atoms with Crippen molar-refractivity contribution in [2.45, 2.75) is 50.4 Å². The van der Waals surface area contributed by atoms with Crippen LogP contribution in [0.15, 0.2) is 60.3 Å². The van der Waals surface area contributed by atoms with Crippen LogP contribution in [0.5, 0.6) is 5.75 Å². The lowest BCUT2D eigenvalue weighted by Crippen LogP contribution is -2.15. The van der Waals surface area contributed by atoms with E-state index in [9.17, 15) is 4.79 Å². The molecule has 1 saturated carbocycles. The van der Waals surface area contributed by atoms with Crippen LogP contribution in [0.25, 0.3) is 11.4 Å². The fourth-order valence-corrected chi connectivity index (χ4v) is 4.77. The van der Waals surface area contributed by atoms with Gasteiger partial charge in [-0.15, -0.1) is 16.8 Å². The van der Waals surface area contributed by atoms with Gasteiger partial charge in [0.15, 0.2) is 11.0 Å². The molecule has 0 aliphatic heterocycles. The molecule has 33 heavy (non-hydrogen) atoms. The Bertz CT molecular complexity index is 1120. The number of carbonyl (C=O) groups is 1. The number of anilines is 1. The summed E-state index contributed by atoms with van der Waals surface area (Å²) in [5, 5.41) is 12.9. The summed E-state index contributed by atoms with van der Waals surface area (Å²) in [5.41, 5.74) is 2.49. The molecule has 1 heterocycles. The smallest absolute Gasteiger partial charge is 0.234 e. The molecular weight excluding hydrogens is 456 g/mol. The third-order valence-electron chi connectivity index (χ3n) is 5.62. The van der Waals surface area contributed by atoms with Gasteiger partial charge in [0.25, 0.3) is 0 Å². The van der Waals surface area contributed by atoms with Gasteiger partial charge in [-0.25, -0.2) is 0 Å². The van der Waals surface area contributed by atoms with Gasteiger partial charge in [-0.3, -0.25) is 9.36 Å². The minimum absolute atomic E-state index is 0.131. The van der Waals surface area contributed by atoms with Gasteiger partial charge in [0.2, 0.25) is 5.91 Å². The van der Waals surface area contributed by atoms with E-state index in [4.69, 9.17) is 16.3 Å². The fraction of sp³-hybridized carbons (Fsp3) is 0.320. The number of halogens is 1. The monoisotopic (exact) mass is 482 g/mol. The number of benzene rings is 2. The summed E-state index contributed by atoms with van der Waals surface area (Å²) in [7, 11) is 0. The first-order valence-electron chi connectivity index (χ1n) is 11.0. The number of aromatic nitrogens is 3. The van der Waals surface area contributed by atoms with Crippen molar-refractivity contribution in [3.63, 3.8) is 0 Å². The summed E-state index contributed by atoms with van der Waals surface area (Å²) in [5.74, 6) is 1.68. The molecule has 1 aromatic heterocycles. The summed E-state index contributed by atoms with van der Waals surface area (Å²) < 4.78 is 8.02. The molecule has 1 aliphatic carbocycles. The van der Waals surface area contributed by atoms with Gasteiger partial charge in [0.1, 0.15) is 5.75 Å². The van der Waals surface area contributed by atoms with Crippen molar-refractivity contribution in [1.82, 2.24) is 14.8 Å². The molecule has 1 N–H and O–H groups in total. The van der Waals surface area contributed by atoms with Crippen molar-refractivity contribution in [3.8, 4) is 17.1 Å². The molecule has 1 fully saturated rings. The van der Waals surface area contributed by atoms with Crippen molar-refractivity contribution in [1.29, 1.82) is 0 Å². The summed E-state index contributed by atoms with van der Waals surface area (Å²) in [6, 6.07) is 13.4. The van der Waals surface area contributed by atoms with E-state index in [0.717, 1.165) is 35.5 Å². The fourth-order valence-electron chi connectivity index (χ4n) is 3.84. The Labute approximate surface area is 203 Å². The highest BCUT2D eigenvalue weighted by atomic mass is 35.5. The molecule has 2 aromatic carbocycles. The first kappa shape index (κ1) is 23.4. The number of amides is 1. The van der Waals surface area contributed by atoms with Crippen molar-refractivity contribution in [3.05, 3.63) is 65.7 Å². The van der Waals surface area contributed by atoms with Crippen molar-refractivity contribution >= 4 is 35.0 Å². The van der Waals surface area contributed by atoms with E-state index in [1.807, 2.05) is 47.9 Å². The lowest BCUT2D eigenvalue weighted by molar-refractivity contribution is -0.113. The van der Waals surface area contributed by atoms with E-state index in [-0.39, 0.29) is 11.7 Å². The van der Waals surface area contributed by atoms with E-state index >= 15 is 0 Å². The van der Waals surface area contributed by atoms with Crippen LogP contribution in [0, 0.1) is 6.92 Å². The Morgan fingerprint density at radius 1 is 1.24 bits per heavy atom.